The summed E-state index contributed by atoms with van der Waals surface area (Å²) in [5, 5.41) is 0. The van der Waals surface area contributed by atoms with Crippen molar-refractivity contribution in [3.8, 4) is 0 Å². The molecule has 0 N–H and O–H groups in total. The highest BCUT2D eigenvalue weighted by Crippen LogP contribution is 2.18. The molecule has 1 atom stereocenters. The molecule has 0 aromatic heterocycles. The van der Waals surface area contributed by atoms with E-state index in [9.17, 15) is 14.4 Å². The topological polar surface area (TPSA) is 78.9 Å². The average Bonchev–Trinajstić information content (AvgIpc) is 3.48. The molecule has 0 amide bonds. The highest BCUT2D eigenvalue weighted by Gasteiger charge is 2.19. The van der Waals surface area contributed by atoms with E-state index >= 15 is 0 Å². The molecule has 6 nitrogen and oxygen atoms in total. The number of unbranched alkanes of at least 4 members (excludes halogenated alkanes) is 50. The van der Waals surface area contributed by atoms with Gasteiger partial charge in [0.1, 0.15) is 13.2 Å². The van der Waals surface area contributed by atoms with E-state index in [0.29, 0.717) is 19.3 Å². The molecule has 0 saturated carbocycles. The lowest BCUT2D eigenvalue weighted by Gasteiger charge is -2.18. The minimum atomic E-state index is -0.775. The van der Waals surface area contributed by atoms with Crippen molar-refractivity contribution in [3.05, 3.63) is 48.6 Å². The number of rotatable bonds is 69. The smallest absolute Gasteiger partial charge is 0.306 e. The van der Waals surface area contributed by atoms with Crippen LogP contribution in [-0.2, 0) is 28.6 Å². The number of allylic oxidation sites excluding steroid dienone is 8. The third-order valence-corrected chi connectivity index (χ3v) is 16.8. The molecule has 0 spiro atoms. The quantitative estimate of drug-likeness (QED) is 0.0261. The Morgan fingerprint density at radius 1 is 0.241 bits per heavy atom. The van der Waals surface area contributed by atoms with Crippen molar-refractivity contribution in [3.63, 3.8) is 0 Å². The van der Waals surface area contributed by atoms with E-state index in [2.05, 4.69) is 69.4 Å². The molecule has 0 heterocycles. The fraction of sp³-hybridized carbons (Fsp3) is 0.857. The minimum absolute atomic E-state index is 0.0710. The largest absolute Gasteiger partial charge is 0.462 e. The van der Waals surface area contributed by atoms with Gasteiger partial charge in [-0.1, -0.05) is 352 Å². The Hall–Kier alpha value is -2.63. The fourth-order valence-electron chi connectivity index (χ4n) is 11.2. The predicted octanol–water partition coefficient (Wildman–Crippen LogP) is 25.7. The molecular formula is C77H142O6. The average molecular weight is 1160 g/mol. The third kappa shape index (κ3) is 70.0. The number of carbonyl (C=O) groups excluding carboxylic acids is 3. The molecule has 0 bridgehead atoms. The molecule has 0 saturated heterocycles. The van der Waals surface area contributed by atoms with E-state index in [1.807, 2.05) is 0 Å². The molecule has 0 aliphatic heterocycles. The van der Waals surface area contributed by atoms with Crippen LogP contribution in [0.15, 0.2) is 48.6 Å². The molecule has 486 valence electrons. The van der Waals surface area contributed by atoms with Crippen molar-refractivity contribution in [2.24, 2.45) is 0 Å². The summed E-state index contributed by atoms with van der Waals surface area (Å²) in [6, 6.07) is 0. The highest BCUT2D eigenvalue weighted by atomic mass is 16.6. The summed E-state index contributed by atoms with van der Waals surface area (Å²) in [7, 11) is 0. The summed E-state index contributed by atoms with van der Waals surface area (Å²) in [5.41, 5.74) is 0. The molecule has 0 rings (SSSR count). The van der Waals surface area contributed by atoms with Crippen LogP contribution in [0.25, 0.3) is 0 Å². The van der Waals surface area contributed by atoms with Gasteiger partial charge >= 0.3 is 17.9 Å². The van der Waals surface area contributed by atoms with Crippen molar-refractivity contribution in [1.29, 1.82) is 0 Å². The second-order valence-corrected chi connectivity index (χ2v) is 25.2. The zero-order valence-corrected chi connectivity index (χ0v) is 56.0. The summed E-state index contributed by atoms with van der Waals surface area (Å²) in [6.07, 6.45) is 91.6. The van der Waals surface area contributed by atoms with Crippen molar-refractivity contribution >= 4 is 17.9 Å². The lowest BCUT2D eigenvalue weighted by atomic mass is 10.0. The number of ether oxygens (including phenoxy) is 3. The van der Waals surface area contributed by atoms with Gasteiger partial charge in [-0.05, 0) is 83.5 Å². The summed E-state index contributed by atoms with van der Waals surface area (Å²) in [4.78, 5) is 38.4. The van der Waals surface area contributed by atoms with Gasteiger partial charge in [-0.15, -0.1) is 0 Å². The standard InChI is InChI=1S/C77H142O6/c1-4-7-10-13-16-19-22-24-26-28-30-32-34-35-36-37-38-39-40-41-43-44-46-48-50-52-55-58-61-64-67-70-76(79)82-73-74(72-81-75(78)69-66-63-60-57-54-21-18-15-12-9-6-3)83-77(80)71-68-65-62-59-56-53-51-49-47-45-42-33-31-29-27-25-23-20-17-14-11-8-5-2/h23,25,28-31,42,45,74H,4-22,24,26-27,32-41,43-44,46-73H2,1-3H3/b25-23-,30-28-,31-29-,45-42-. The van der Waals surface area contributed by atoms with E-state index in [0.717, 1.165) is 77.0 Å². The van der Waals surface area contributed by atoms with Crippen LogP contribution in [0.4, 0.5) is 0 Å². The van der Waals surface area contributed by atoms with Crippen molar-refractivity contribution in [2.45, 2.75) is 412 Å². The Labute approximate surface area is 518 Å². The van der Waals surface area contributed by atoms with E-state index in [1.165, 1.54) is 289 Å². The predicted molar refractivity (Wildman–Crippen MR) is 362 cm³/mol. The zero-order valence-electron chi connectivity index (χ0n) is 56.0. The van der Waals surface area contributed by atoms with Gasteiger partial charge in [0, 0.05) is 19.3 Å². The Bertz CT molecular complexity index is 1430. The molecule has 0 fully saturated rings. The Kier molecular flexibility index (Phi) is 69.6. The van der Waals surface area contributed by atoms with Crippen LogP contribution in [-0.4, -0.2) is 37.2 Å². The first-order valence-corrected chi connectivity index (χ1v) is 37.1. The normalized spacial score (nSPS) is 12.3. The Balaban J connectivity index is 4.14. The Morgan fingerprint density at radius 2 is 0.434 bits per heavy atom. The van der Waals surface area contributed by atoms with Crippen LogP contribution in [0.2, 0.25) is 0 Å². The van der Waals surface area contributed by atoms with E-state index in [1.54, 1.807) is 0 Å². The molecule has 0 aliphatic carbocycles. The van der Waals surface area contributed by atoms with Crippen molar-refractivity contribution in [2.75, 3.05) is 13.2 Å². The summed E-state index contributed by atoms with van der Waals surface area (Å²) >= 11 is 0. The van der Waals surface area contributed by atoms with Crippen LogP contribution in [0.3, 0.4) is 0 Å². The lowest BCUT2D eigenvalue weighted by molar-refractivity contribution is -0.167. The van der Waals surface area contributed by atoms with Gasteiger partial charge in [0.2, 0.25) is 0 Å². The minimum Gasteiger partial charge on any atom is -0.462 e. The number of hydrogen-bond donors (Lipinski definition) is 0. The van der Waals surface area contributed by atoms with Gasteiger partial charge in [-0.25, -0.2) is 0 Å². The van der Waals surface area contributed by atoms with Crippen LogP contribution in [0.1, 0.15) is 406 Å². The molecule has 1 unspecified atom stereocenters. The van der Waals surface area contributed by atoms with E-state index in [-0.39, 0.29) is 31.1 Å². The summed E-state index contributed by atoms with van der Waals surface area (Å²) < 4.78 is 17.0. The van der Waals surface area contributed by atoms with Gasteiger partial charge in [-0.3, -0.25) is 14.4 Å². The summed E-state index contributed by atoms with van der Waals surface area (Å²) in [5.74, 6) is -0.852. The van der Waals surface area contributed by atoms with Crippen LogP contribution >= 0.6 is 0 Å². The first-order valence-electron chi connectivity index (χ1n) is 37.1. The Morgan fingerprint density at radius 3 is 0.687 bits per heavy atom. The SMILES string of the molecule is CCCCCCC/C=C\C/C=C\C/C=C\CCCCCCCCCCC(=O)OC(COC(=O)CCCCCCCCCCCCC)COC(=O)CCCCCCCCCCCCCCCCCCCCC/C=C\CCCCCCCCCC. The lowest BCUT2D eigenvalue weighted by Crippen LogP contribution is -2.30. The molecule has 0 aliphatic rings. The number of esters is 3. The van der Waals surface area contributed by atoms with Crippen LogP contribution < -0.4 is 0 Å². The summed E-state index contributed by atoms with van der Waals surface area (Å²) in [6.45, 7) is 6.68. The maximum absolute atomic E-state index is 12.9. The number of hydrogen-bond acceptors (Lipinski definition) is 6. The van der Waals surface area contributed by atoms with Gasteiger partial charge in [0.25, 0.3) is 0 Å². The van der Waals surface area contributed by atoms with Crippen molar-refractivity contribution < 1.29 is 28.6 Å². The molecule has 0 aromatic rings. The van der Waals surface area contributed by atoms with Crippen LogP contribution in [0, 0.1) is 0 Å². The first-order chi connectivity index (χ1) is 41.0. The van der Waals surface area contributed by atoms with Gasteiger partial charge in [0.15, 0.2) is 6.10 Å². The van der Waals surface area contributed by atoms with Gasteiger partial charge in [-0.2, -0.15) is 0 Å². The first kappa shape index (κ1) is 80.4. The molecular weight excluding hydrogens is 1020 g/mol. The number of carbonyl (C=O) groups is 3. The van der Waals surface area contributed by atoms with Crippen molar-refractivity contribution in [1.82, 2.24) is 0 Å². The van der Waals surface area contributed by atoms with Crippen LogP contribution in [0.5, 0.6) is 0 Å². The monoisotopic (exact) mass is 1160 g/mol. The molecule has 83 heavy (non-hydrogen) atoms. The van der Waals surface area contributed by atoms with Gasteiger partial charge < -0.3 is 14.2 Å². The molecule has 0 aromatic carbocycles. The second kappa shape index (κ2) is 71.8. The fourth-order valence-corrected chi connectivity index (χ4v) is 11.2. The maximum atomic E-state index is 12.9. The second-order valence-electron chi connectivity index (χ2n) is 25.2. The molecule has 0 radical (unpaired) electrons. The maximum Gasteiger partial charge on any atom is 0.306 e. The van der Waals surface area contributed by atoms with E-state index in [4.69, 9.17) is 14.2 Å². The van der Waals surface area contributed by atoms with Gasteiger partial charge in [0.05, 0.1) is 0 Å². The highest BCUT2D eigenvalue weighted by molar-refractivity contribution is 5.71. The molecule has 6 heteroatoms. The van der Waals surface area contributed by atoms with E-state index < -0.39 is 6.10 Å². The zero-order chi connectivity index (χ0) is 59.9. The third-order valence-electron chi connectivity index (χ3n) is 16.8.